The highest BCUT2D eigenvalue weighted by molar-refractivity contribution is 5.85. The lowest BCUT2D eigenvalue weighted by Crippen LogP contribution is -2.41. The molecule has 20 heavy (non-hydrogen) atoms. The van der Waals surface area contributed by atoms with Crippen molar-refractivity contribution in [1.29, 1.82) is 0 Å². The first-order valence-corrected chi connectivity index (χ1v) is 6.46. The topological polar surface area (TPSA) is 41.7 Å². The Bertz CT molecular complexity index is 407. The Hall–Kier alpha value is -0.840. The number of methoxy groups -OCH3 is 1. The van der Waals surface area contributed by atoms with Crippen molar-refractivity contribution < 1.29 is 4.74 Å². The van der Waals surface area contributed by atoms with Gasteiger partial charge in [0, 0.05) is 30.9 Å². The van der Waals surface area contributed by atoms with Crippen molar-refractivity contribution in [1.82, 2.24) is 4.90 Å². The van der Waals surface area contributed by atoms with Gasteiger partial charge in [0.05, 0.1) is 12.8 Å². The Kier molecular flexibility index (Phi) is 8.09. The van der Waals surface area contributed by atoms with Gasteiger partial charge >= 0.3 is 0 Å². The second-order valence-electron chi connectivity index (χ2n) is 5.11. The largest absolute Gasteiger partial charge is 0.495 e. The van der Waals surface area contributed by atoms with Gasteiger partial charge in [-0.2, -0.15) is 0 Å². The van der Waals surface area contributed by atoms with Crippen LogP contribution in [0.4, 0.5) is 11.4 Å². The minimum absolute atomic E-state index is 0. The van der Waals surface area contributed by atoms with E-state index in [1.54, 1.807) is 7.11 Å². The molecule has 0 atom stereocenters. The lowest BCUT2D eigenvalue weighted by molar-refractivity contribution is 0.249. The Balaban J connectivity index is 0.00000180. The molecule has 0 bridgehead atoms. The number of nitrogens with zero attached hydrogens (tertiary/aromatic N) is 2. The van der Waals surface area contributed by atoms with Crippen LogP contribution in [0, 0.1) is 0 Å². The van der Waals surface area contributed by atoms with Crippen LogP contribution in [0.3, 0.4) is 0 Å². The Morgan fingerprint density at radius 1 is 1.20 bits per heavy atom. The summed E-state index contributed by atoms with van der Waals surface area (Å²) in [6, 6.07) is 6.74. The van der Waals surface area contributed by atoms with Crippen LogP contribution in [0.25, 0.3) is 0 Å². The summed E-state index contributed by atoms with van der Waals surface area (Å²) in [4.78, 5) is 4.73. The summed E-state index contributed by atoms with van der Waals surface area (Å²) in [5.74, 6) is 0.766. The van der Waals surface area contributed by atoms with Crippen molar-refractivity contribution in [2.75, 3.05) is 44.9 Å². The molecule has 1 aliphatic heterocycles. The molecule has 1 fully saturated rings. The molecule has 0 spiro atoms. The van der Waals surface area contributed by atoms with Gasteiger partial charge in [-0.05, 0) is 39.1 Å². The molecule has 0 unspecified atom stereocenters. The monoisotopic (exact) mass is 321 g/mol. The zero-order valence-electron chi connectivity index (χ0n) is 12.3. The molecule has 6 heteroatoms. The van der Waals surface area contributed by atoms with Crippen molar-refractivity contribution in [2.24, 2.45) is 0 Å². The molecule has 0 saturated carbocycles. The van der Waals surface area contributed by atoms with E-state index >= 15 is 0 Å². The quantitative estimate of drug-likeness (QED) is 0.869. The van der Waals surface area contributed by atoms with E-state index in [2.05, 4.69) is 30.0 Å². The zero-order valence-corrected chi connectivity index (χ0v) is 14.0. The number of ether oxygens (including phenoxy) is 1. The molecule has 0 aromatic heterocycles. The van der Waals surface area contributed by atoms with E-state index in [4.69, 9.17) is 10.5 Å². The van der Waals surface area contributed by atoms with Crippen LogP contribution in [-0.2, 0) is 0 Å². The summed E-state index contributed by atoms with van der Waals surface area (Å²) in [5.41, 5.74) is 7.75. The van der Waals surface area contributed by atoms with Crippen molar-refractivity contribution in [3.63, 3.8) is 0 Å². The van der Waals surface area contributed by atoms with Gasteiger partial charge in [0.1, 0.15) is 5.75 Å². The lowest BCUT2D eigenvalue weighted by Gasteiger charge is -2.36. The highest BCUT2D eigenvalue weighted by Crippen LogP contribution is 2.29. The first kappa shape index (κ1) is 19.2. The van der Waals surface area contributed by atoms with E-state index in [0.717, 1.165) is 18.8 Å². The van der Waals surface area contributed by atoms with Crippen LogP contribution in [0.1, 0.15) is 12.8 Å². The highest BCUT2D eigenvalue weighted by atomic mass is 35.5. The van der Waals surface area contributed by atoms with Gasteiger partial charge in [0.15, 0.2) is 0 Å². The summed E-state index contributed by atoms with van der Waals surface area (Å²) < 4.78 is 5.28. The zero-order chi connectivity index (χ0) is 13.1. The molecule has 1 aromatic carbocycles. The Morgan fingerprint density at radius 2 is 1.80 bits per heavy atom. The summed E-state index contributed by atoms with van der Waals surface area (Å²) in [7, 11) is 5.98. The number of halogens is 2. The third kappa shape index (κ3) is 4.33. The number of benzene rings is 1. The summed E-state index contributed by atoms with van der Waals surface area (Å²) >= 11 is 0. The smallest absolute Gasteiger partial charge is 0.143 e. The maximum Gasteiger partial charge on any atom is 0.143 e. The highest BCUT2D eigenvalue weighted by Gasteiger charge is 2.21. The summed E-state index contributed by atoms with van der Waals surface area (Å²) in [5, 5.41) is 0. The minimum atomic E-state index is 0. The van der Waals surface area contributed by atoms with Crippen LogP contribution in [0.5, 0.6) is 5.75 Å². The lowest BCUT2D eigenvalue weighted by atomic mass is 10.0. The van der Waals surface area contributed by atoms with Gasteiger partial charge in [-0.3, -0.25) is 0 Å². The van der Waals surface area contributed by atoms with Crippen LogP contribution < -0.4 is 15.4 Å². The minimum Gasteiger partial charge on any atom is -0.495 e. The Morgan fingerprint density at radius 3 is 2.30 bits per heavy atom. The van der Waals surface area contributed by atoms with E-state index in [9.17, 15) is 0 Å². The molecule has 2 rings (SSSR count). The number of hydrogen-bond donors (Lipinski definition) is 1. The molecule has 1 saturated heterocycles. The van der Waals surface area contributed by atoms with E-state index in [1.165, 1.54) is 18.5 Å². The molecule has 0 aliphatic carbocycles. The fraction of sp³-hybridized carbons (Fsp3) is 0.571. The third-order valence-corrected chi connectivity index (χ3v) is 3.78. The van der Waals surface area contributed by atoms with Crippen LogP contribution in [0.2, 0.25) is 0 Å². The van der Waals surface area contributed by atoms with Crippen LogP contribution in [-0.4, -0.2) is 45.2 Å². The van der Waals surface area contributed by atoms with Gasteiger partial charge < -0.3 is 20.3 Å². The number of piperidine rings is 1. The first-order valence-electron chi connectivity index (χ1n) is 6.46. The second kappa shape index (κ2) is 8.45. The molecule has 0 amide bonds. The van der Waals surface area contributed by atoms with E-state index < -0.39 is 0 Å². The molecule has 116 valence electrons. The average molecular weight is 322 g/mol. The van der Waals surface area contributed by atoms with Crippen molar-refractivity contribution in [3.8, 4) is 5.75 Å². The first-order chi connectivity index (χ1) is 8.61. The Labute approximate surface area is 134 Å². The molecule has 4 nitrogen and oxygen atoms in total. The normalized spacial score (nSPS) is 15.5. The average Bonchev–Trinajstić information content (AvgIpc) is 2.39. The maximum atomic E-state index is 5.84. The predicted octanol–water partition coefficient (Wildman–Crippen LogP) is 2.65. The van der Waals surface area contributed by atoms with Gasteiger partial charge in [0.2, 0.25) is 0 Å². The van der Waals surface area contributed by atoms with Gasteiger partial charge in [-0.1, -0.05) is 0 Å². The number of nitrogen functional groups attached to an aromatic ring is 1. The third-order valence-electron chi connectivity index (χ3n) is 3.78. The second-order valence-corrected chi connectivity index (χ2v) is 5.11. The fourth-order valence-electron chi connectivity index (χ4n) is 2.54. The van der Waals surface area contributed by atoms with Gasteiger partial charge in [-0.25, -0.2) is 0 Å². The van der Waals surface area contributed by atoms with Crippen LogP contribution in [0.15, 0.2) is 18.2 Å². The van der Waals surface area contributed by atoms with Gasteiger partial charge in [0.25, 0.3) is 0 Å². The van der Waals surface area contributed by atoms with E-state index in [-0.39, 0.29) is 24.8 Å². The molecule has 1 aliphatic rings. The number of rotatable bonds is 3. The summed E-state index contributed by atoms with van der Waals surface area (Å²) in [6.07, 6.45) is 2.42. The molecular formula is C14H25Cl2N3O. The SMILES string of the molecule is COc1cc(N2CCC(N(C)C)CC2)ccc1N.Cl.Cl. The molecule has 1 heterocycles. The number of hydrogen-bond acceptors (Lipinski definition) is 4. The van der Waals surface area contributed by atoms with Crippen LogP contribution >= 0.6 is 24.8 Å². The van der Waals surface area contributed by atoms with Crippen molar-refractivity contribution >= 4 is 36.2 Å². The molecule has 1 aromatic rings. The summed E-state index contributed by atoms with van der Waals surface area (Å²) in [6.45, 7) is 2.19. The number of nitrogens with two attached hydrogens (primary N) is 1. The molecule has 0 radical (unpaired) electrons. The maximum absolute atomic E-state index is 5.84. The fourth-order valence-corrected chi connectivity index (χ4v) is 2.54. The van der Waals surface area contributed by atoms with Crippen molar-refractivity contribution in [2.45, 2.75) is 18.9 Å². The predicted molar refractivity (Wildman–Crippen MR) is 90.8 cm³/mol. The van der Waals surface area contributed by atoms with Gasteiger partial charge in [-0.15, -0.1) is 24.8 Å². The molecular weight excluding hydrogens is 297 g/mol. The number of anilines is 2. The van der Waals surface area contributed by atoms with Crippen molar-refractivity contribution in [3.05, 3.63) is 18.2 Å². The van der Waals surface area contributed by atoms with E-state index in [0.29, 0.717) is 11.7 Å². The standard InChI is InChI=1S/C14H23N3O.2ClH/c1-16(2)11-6-8-17(9-7-11)12-4-5-13(15)14(10-12)18-3;;/h4-5,10-11H,6-9,15H2,1-3H3;2*1H. The van der Waals surface area contributed by atoms with E-state index in [1.807, 2.05) is 12.1 Å². The molecule has 2 N–H and O–H groups in total.